The SMILES string of the molecule is CN(C)C1CS(=O)(=O)CCC1CCC(=O)O. The van der Waals surface area contributed by atoms with Crippen molar-refractivity contribution in [1.82, 2.24) is 4.90 Å². The fourth-order valence-electron chi connectivity index (χ4n) is 2.22. The third kappa shape index (κ3) is 3.75. The number of carboxylic acid groups (broad SMARTS) is 1. The molecule has 2 unspecified atom stereocenters. The number of sulfone groups is 1. The van der Waals surface area contributed by atoms with Crippen molar-refractivity contribution in [2.24, 2.45) is 5.92 Å². The van der Waals surface area contributed by atoms with E-state index in [-0.39, 0.29) is 29.9 Å². The lowest BCUT2D eigenvalue weighted by Crippen LogP contribution is -2.45. The second-order valence-corrected chi connectivity index (χ2v) is 6.86. The van der Waals surface area contributed by atoms with Gasteiger partial charge in [-0.3, -0.25) is 4.79 Å². The van der Waals surface area contributed by atoms with Gasteiger partial charge in [-0.2, -0.15) is 0 Å². The summed E-state index contributed by atoms with van der Waals surface area (Å²) in [5.41, 5.74) is 0. The van der Waals surface area contributed by atoms with Gasteiger partial charge in [-0.15, -0.1) is 0 Å². The summed E-state index contributed by atoms with van der Waals surface area (Å²) in [7, 11) is 0.755. The number of rotatable bonds is 4. The van der Waals surface area contributed by atoms with Crippen LogP contribution in [-0.2, 0) is 14.6 Å². The number of carboxylic acids is 1. The first kappa shape index (κ1) is 13.4. The van der Waals surface area contributed by atoms with Crippen molar-refractivity contribution < 1.29 is 18.3 Å². The highest BCUT2D eigenvalue weighted by Gasteiger charge is 2.34. The summed E-state index contributed by atoms with van der Waals surface area (Å²) in [6.45, 7) is 0. The van der Waals surface area contributed by atoms with Crippen LogP contribution in [0, 0.1) is 5.92 Å². The van der Waals surface area contributed by atoms with Crippen LogP contribution in [0.1, 0.15) is 19.3 Å². The largest absolute Gasteiger partial charge is 0.481 e. The molecule has 1 aliphatic rings. The minimum absolute atomic E-state index is 0.0434. The quantitative estimate of drug-likeness (QED) is 0.771. The maximum absolute atomic E-state index is 11.5. The Bertz CT molecular complexity index is 350. The van der Waals surface area contributed by atoms with Crippen LogP contribution in [0.3, 0.4) is 0 Å². The Balaban J connectivity index is 2.65. The summed E-state index contributed by atoms with van der Waals surface area (Å²) in [6, 6.07) is -0.0434. The van der Waals surface area contributed by atoms with Crippen molar-refractivity contribution >= 4 is 15.8 Å². The molecule has 0 aromatic rings. The Hall–Kier alpha value is -0.620. The predicted molar refractivity (Wildman–Crippen MR) is 61.1 cm³/mol. The summed E-state index contributed by atoms with van der Waals surface area (Å²) < 4.78 is 23.0. The lowest BCUT2D eigenvalue weighted by Gasteiger charge is -2.35. The molecular formula is C10H19NO4S. The molecule has 0 radical (unpaired) electrons. The third-order valence-electron chi connectivity index (χ3n) is 3.16. The highest BCUT2D eigenvalue weighted by Crippen LogP contribution is 2.26. The van der Waals surface area contributed by atoms with Gasteiger partial charge in [-0.25, -0.2) is 8.42 Å². The molecule has 1 fully saturated rings. The highest BCUT2D eigenvalue weighted by atomic mass is 32.2. The number of nitrogens with zero attached hydrogens (tertiary/aromatic N) is 1. The Morgan fingerprint density at radius 2 is 2.06 bits per heavy atom. The van der Waals surface area contributed by atoms with E-state index in [1.165, 1.54) is 0 Å². The summed E-state index contributed by atoms with van der Waals surface area (Å²) in [5, 5.41) is 8.64. The average molecular weight is 249 g/mol. The van der Waals surface area contributed by atoms with E-state index in [0.717, 1.165) is 0 Å². The van der Waals surface area contributed by atoms with Gasteiger partial charge in [0.2, 0.25) is 0 Å². The standard InChI is InChI=1S/C10H19NO4S/c1-11(2)9-7-16(14,15)6-5-8(9)3-4-10(12)13/h8-9H,3-7H2,1-2H3,(H,12,13). The molecule has 0 saturated carbocycles. The fraction of sp³-hybridized carbons (Fsp3) is 0.900. The van der Waals surface area contributed by atoms with Crippen molar-refractivity contribution in [1.29, 1.82) is 0 Å². The van der Waals surface area contributed by atoms with Crippen LogP contribution in [0.2, 0.25) is 0 Å². The zero-order valence-electron chi connectivity index (χ0n) is 9.72. The molecule has 0 spiro atoms. The number of aliphatic carboxylic acids is 1. The molecule has 16 heavy (non-hydrogen) atoms. The zero-order valence-corrected chi connectivity index (χ0v) is 10.5. The minimum Gasteiger partial charge on any atom is -0.481 e. The van der Waals surface area contributed by atoms with Crippen LogP contribution in [0.25, 0.3) is 0 Å². The molecule has 6 heteroatoms. The maximum atomic E-state index is 11.5. The van der Waals surface area contributed by atoms with Gasteiger partial charge >= 0.3 is 5.97 Å². The molecular weight excluding hydrogens is 230 g/mol. The van der Waals surface area contributed by atoms with Crippen LogP contribution < -0.4 is 0 Å². The van der Waals surface area contributed by atoms with Gasteiger partial charge in [0.25, 0.3) is 0 Å². The van der Waals surface area contributed by atoms with Gasteiger partial charge in [-0.05, 0) is 32.9 Å². The zero-order chi connectivity index (χ0) is 12.3. The second-order valence-electron chi connectivity index (χ2n) is 4.63. The molecule has 5 nitrogen and oxygen atoms in total. The maximum Gasteiger partial charge on any atom is 0.303 e. The first-order valence-electron chi connectivity index (χ1n) is 5.40. The summed E-state index contributed by atoms with van der Waals surface area (Å²) in [5.74, 6) is -0.285. The van der Waals surface area contributed by atoms with Crippen LogP contribution >= 0.6 is 0 Å². The van der Waals surface area contributed by atoms with Gasteiger partial charge in [0.15, 0.2) is 9.84 Å². The van der Waals surface area contributed by atoms with Crippen LogP contribution in [0.15, 0.2) is 0 Å². The summed E-state index contributed by atoms with van der Waals surface area (Å²) >= 11 is 0. The Kier molecular flexibility index (Phi) is 4.32. The Morgan fingerprint density at radius 1 is 1.44 bits per heavy atom. The van der Waals surface area contributed by atoms with Crippen molar-refractivity contribution in [3.63, 3.8) is 0 Å². The van der Waals surface area contributed by atoms with E-state index < -0.39 is 15.8 Å². The van der Waals surface area contributed by atoms with E-state index in [9.17, 15) is 13.2 Å². The molecule has 0 amide bonds. The van der Waals surface area contributed by atoms with E-state index in [1.807, 2.05) is 19.0 Å². The van der Waals surface area contributed by atoms with Gasteiger partial charge in [0.1, 0.15) is 0 Å². The number of hydrogen-bond acceptors (Lipinski definition) is 4. The van der Waals surface area contributed by atoms with Crippen molar-refractivity contribution in [2.45, 2.75) is 25.3 Å². The molecule has 1 saturated heterocycles. The minimum atomic E-state index is -2.94. The molecule has 94 valence electrons. The molecule has 1 aliphatic heterocycles. The van der Waals surface area contributed by atoms with E-state index in [0.29, 0.717) is 12.8 Å². The molecule has 0 bridgehead atoms. The van der Waals surface area contributed by atoms with E-state index >= 15 is 0 Å². The molecule has 1 N–H and O–H groups in total. The van der Waals surface area contributed by atoms with Gasteiger partial charge in [-0.1, -0.05) is 0 Å². The molecule has 0 aromatic carbocycles. The van der Waals surface area contributed by atoms with Crippen molar-refractivity contribution in [2.75, 3.05) is 25.6 Å². The monoisotopic (exact) mass is 249 g/mol. The first-order valence-corrected chi connectivity index (χ1v) is 7.22. The normalized spacial score (nSPS) is 29.2. The molecule has 1 rings (SSSR count). The molecule has 1 heterocycles. The summed E-state index contributed by atoms with van der Waals surface area (Å²) in [4.78, 5) is 12.4. The third-order valence-corrected chi connectivity index (χ3v) is 4.87. The lowest BCUT2D eigenvalue weighted by molar-refractivity contribution is -0.137. The van der Waals surface area contributed by atoms with Gasteiger partial charge in [0.05, 0.1) is 11.5 Å². The Morgan fingerprint density at radius 3 is 2.56 bits per heavy atom. The lowest BCUT2D eigenvalue weighted by atomic mass is 9.92. The van der Waals surface area contributed by atoms with Gasteiger partial charge < -0.3 is 10.0 Å². The van der Waals surface area contributed by atoms with E-state index in [4.69, 9.17) is 5.11 Å². The number of carbonyl (C=O) groups is 1. The molecule has 2 atom stereocenters. The van der Waals surface area contributed by atoms with E-state index in [1.54, 1.807) is 0 Å². The Labute approximate surface area is 96.4 Å². The van der Waals surface area contributed by atoms with Crippen LogP contribution in [0.4, 0.5) is 0 Å². The smallest absolute Gasteiger partial charge is 0.303 e. The highest BCUT2D eigenvalue weighted by molar-refractivity contribution is 7.91. The van der Waals surface area contributed by atoms with Gasteiger partial charge in [0, 0.05) is 12.5 Å². The van der Waals surface area contributed by atoms with Crippen LogP contribution in [-0.4, -0.2) is 56.0 Å². The van der Waals surface area contributed by atoms with Crippen molar-refractivity contribution in [3.05, 3.63) is 0 Å². The van der Waals surface area contributed by atoms with E-state index in [2.05, 4.69) is 0 Å². The average Bonchev–Trinajstić information content (AvgIpc) is 2.14. The first-order chi connectivity index (χ1) is 7.32. The second kappa shape index (κ2) is 5.14. The topological polar surface area (TPSA) is 74.7 Å². The fourth-order valence-corrected chi connectivity index (χ4v) is 4.14. The van der Waals surface area contributed by atoms with Crippen LogP contribution in [0.5, 0.6) is 0 Å². The number of hydrogen-bond donors (Lipinski definition) is 1. The predicted octanol–water partition coefficient (Wildman–Crippen LogP) is 0.216. The molecule has 0 aliphatic carbocycles. The molecule has 0 aromatic heterocycles. The summed E-state index contributed by atoms with van der Waals surface area (Å²) in [6.07, 6.45) is 1.27. The van der Waals surface area contributed by atoms with Crippen molar-refractivity contribution in [3.8, 4) is 0 Å².